The van der Waals surface area contributed by atoms with Crippen LogP contribution in [0.15, 0.2) is 24.3 Å². The van der Waals surface area contributed by atoms with Gasteiger partial charge in [0.25, 0.3) is 0 Å². The molecule has 0 radical (unpaired) electrons. The smallest absolute Gasteiger partial charge is 0.0412 e. The number of benzene rings is 1. The highest BCUT2D eigenvalue weighted by Gasteiger charge is 2.23. The number of hydrogen-bond acceptors (Lipinski definition) is 2. The Kier molecular flexibility index (Phi) is 4.06. The molecule has 1 aromatic carbocycles. The number of nitrogens with one attached hydrogen (secondary N) is 1. The van der Waals surface area contributed by atoms with Crippen molar-refractivity contribution in [2.24, 2.45) is 11.7 Å². The van der Waals surface area contributed by atoms with Gasteiger partial charge in [0, 0.05) is 17.8 Å². The third-order valence-corrected chi connectivity index (χ3v) is 3.52. The van der Waals surface area contributed by atoms with Crippen molar-refractivity contribution in [1.82, 2.24) is 0 Å². The number of hydrogen-bond donors (Lipinski definition) is 2. The SMILES string of the molecule is CC(C)Cc1ccc(NC2CCCC2N)cc1. The zero-order valence-electron chi connectivity index (χ0n) is 10.9. The first-order valence-corrected chi connectivity index (χ1v) is 6.76. The lowest BCUT2D eigenvalue weighted by atomic mass is 10.0. The Hall–Kier alpha value is -1.02. The van der Waals surface area contributed by atoms with E-state index in [1.807, 2.05) is 0 Å². The molecule has 2 nitrogen and oxygen atoms in total. The van der Waals surface area contributed by atoms with Crippen LogP contribution >= 0.6 is 0 Å². The summed E-state index contributed by atoms with van der Waals surface area (Å²) in [6.45, 7) is 4.51. The summed E-state index contributed by atoms with van der Waals surface area (Å²) in [4.78, 5) is 0. The van der Waals surface area contributed by atoms with Gasteiger partial charge in [-0.05, 0) is 49.3 Å². The second-order valence-electron chi connectivity index (χ2n) is 5.64. The van der Waals surface area contributed by atoms with Crippen LogP contribution in [-0.2, 0) is 6.42 Å². The molecule has 0 saturated heterocycles. The molecule has 0 heterocycles. The summed E-state index contributed by atoms with van der Waals surface area (Å²) in [5.74, 6) is 0.720. The van der Waals surface area contributed by atoms with E-state index in [-0.39, 0.29) is 0 Å². The first-order valence-electron chi connectivity index (χ1n) is 6.76. The molecule has 0 amide bonds. The van der Waals surface area contributed by atoms with Gasteiger partial charge in [-0.25, -0.2) is 0 Å². The third-order valence-electron chi connectivity index (χ3n) is 3.52. The first-order chi connectivity index (χ1) is 8.15. The number of rotatable bonds is 4. The summed E-state index contributed by atoms with van der Waals surface area (Å²) >= 11 is 0. The van der Waals surface area contributed by atoms with Crippen molar-refractivity contribution in [2.75, 3.05) is 5.32 Å². The van der Waals surface area contributed by atoms with Crippen LogP contribution in [0.25, 0.3) is 0 Å². The minimum absolute atomic E-state index is 0.324. The quantitative estimate of drug-likeness (QED) is 0.836. The zero-order valence-corrected chi connectivity index (χ0v) is 10.9. The molecule has 17 heavy (non-hydrogen) atoms. The molecule has 2 heteroatoms. The highest BCUT2D eigenvalue weighted by Crippen LogP contribution is 2.22. The molecule has 0 aromatic heterocycles. The molecule has 0 bridgehead atoms. The van der Waals surface area contributed by atoms with E-state index in [2.05, 4.69) is 43.4 Å². The third kappa shape index (κ3) is 3.47. The van der Waals surface area contributed by atoms with Crippen molar-refractivity contribution in [3.8, 4) is 0 Å². The fourth-order valence-electron chi connectivity index (χ4n) is 2.59. The normalized spacial score (nSPS) is 24.2. The molecule has 94 valence electrons. The largest absolute Gasteiger partial charge is 0.381 e. The molecule has 3 N–H and O–H groups in total. The van der Waals surface area contributed by atoms with Gasteiger partial charge >= 0.3 is 0 Å². The molecular weight excluding hydrogens is 208 g/mol. The van der Waals surface area contributed by atoms with Crippen LogP contribution in [0.3, 0.4) is 0 Å². The van der Waals surface area contributed by atoms with Gasteiger partial charge in [0.2, 0.25) is 0 Å². The van der Waals surface area contributed by atoms with E-state index in [4.69, 9.17) is 5.73 Å². The van der Waals surface area contributed by atoms with E-state index in [0.717, 1.165) is 18.8 Å². The van der Waals surface area contributed by atoms with Crippen molar-refractivity contribution in [3.05, 3.63) is 29.8 Å². The lowest BCUT2D eigenvalue weighted by molar-refractivity contribution is 0.637. The number of nitrogens with two attached hydrogens (primary N) is 1. The Morgan fingerprint density at radius 2 is 1.94 bits per heavy atom. The Morgan fingerprint density at radius 1 is 1.24 bits per heavy atom. The van der Waals surface area contributed by atoms with Crippen LogP contribution in [0.2, 0.25) is 0 Å². The maximum absolute atomic E-state index is 6.06. The minimum Gasteiger partial charge on any atom is -0.381 e. The summed E-state index contributed by atoms with van der Waals surface area (Å²) in [5.41, 5.74) is 8.69. The van der Waals surface area contributed by atoms with Crippen molar-refractivity contribution in [1.29, 1.82) is 0 Å². The lowest BCUT2D eigenvalue weighted by Gasteiger charge is -2.18. The summed E-state index contributed by atoms with van der Waals surface area (Å²) in [6, 6.07) is 9.60. The van der Waals surface area contributed by atoms with E-state index >= 15 is 0 Å². The van der Waals surface area contributed by atoms with Gasteiger partial charge in [-0.2, -0.15) is 0 Å². The lowest BCUT2D eigenvalue weighted by Crippen LogP contribution is -2.35. The maximum Gasteiger partial charge on any atom is 0.0412 e. The van der Waals surface area contributed by atoms with Gasteiger partial charge in [0.05, 0.1) is 0 Å². The standard InChI is InChI=1S/C15H24N2/c1-11(2)10-12-6-8-13(9-7-12)17-15-5-3-4-14(15)16/h6-9,11,14-15,17H,3-5,10,16H2,1-2H3. The molecule has 1 aliphatic rings. The second kappa shape index (κ2) is 5.54. The van der Waals surface area contributed by atoms with E-state index in [1.165, 1.54) is 24.1 Å². The van der Waals surface area contributed by atoms with Crippen molar-refractivity contribution in [3.63, 3.8) is 0 Å². The Balaban J connectivity index is 1.93. The maximum atomic E-state index is 6.06. The van der Waals surface area contributed by atoms with E-state index in [1.54, 1.807) is 0 Å². The Bertz CT molecular complexity index is 342. The van der Waals surface area contributed by atoms with Gasteiger partial charge in [0.1, 0.15) is 0 Å². The van der Waals surface area contributed by atoms with Crippen molar-refractivity contribution < 1.29 is 0 Å². The van der Waals surface area contributed by atoms with Gasteiger partial charge < -0.3 is 11.1 Å². The monoisotopic (exact) mass is 232 g/mol. The fraction of sp³-hybridized carbons (Fsp3) is 0.600. The van der Waals surface area contributed by atoms with Crippen LogP contribution in [0.5, 0.6) is 0 Å². The summed E-state index contributed by atoms with van der Waals surface area (Å²) in [6.07, 6.45) is 4.77. The Morgan fingerprint density at radius 3 is 2.47 bits per heavy atom. The second-order valence-corrected chi connectivity index (χ2v) is 5.64. The summed E-state index contributed by atoms with van der Waals surface area (Å²) < 4.78 is 0. The van der Waals surface area contributed by atoms with E-state index in [9.17, 15) is 0 Å². The van der Waals surface area contributed by atoms with Crippen molar-refractivity contribution >= 4 is 5.69 Å². The molecular formula is C15H24N2. The molecule has 1 saturated carbocycles. The van der Waals surface area contributed by atoms with Crippen LogP contribution in [0.1, 0.15) is 38.7 Å². The topological polar surface area (TPSA) is 38.0 Å². The molecule has 1 aromatic rings. The predicted octanol–water partition coefficient (Wildman–Crippen LogP) is 3.18. The van der Waals surface area contributed by atoms with Crippen molar-refractivity contribution in [2.45, 2.75) is 51.6 Å². The highest BCUT2D eigenvalue weighted by atomic mass is 15.0. The summed E-state index contributed by atoms with van der Waals surface area (Å²) in [5, 5.41) is 3.55. The number of anilines is 1. The van der Waals surface area contributed by atoms with E-state index in [0.29, 0.717) is 12.1 Å². The average Bonchev–Trinajstić information content (AvgIpc) is 2.67. The fourth-order valence-corrected chi connectivity index (χ4v) is 2.59. The molecule has 1 aliphatic carbocycles. The van der Waals surface area contributed by atoms with Crippen LogP contribution in [0.4, 0.5) is 5.69 Å². The van der Waals surface area contributed by atoms with Crippen LogP contribution < -0.4 is 11.1 Å². The zero-order chi connectivity index (χ0) is 12.3. The Labute approximate surface area is 105 Å². The van der Waals surface area contributed by atoms with Crippen LogP contribution in [-0.4, -0.2) is 12.1 Å². The van der Waals surface area contributed by atoms with Gasteiger partial charge in [-0.3, -0.25) is 0 Å². The summed E-state index contributed by atoms with van der Waals surface area (Å²) in [7, 11) is 0. The molecule has 2 rings (SSSR count). The molecule has 1 fully saturated rings. The molecule has 2 unspecified atom stereocenters. The molecule has 2 atom stereocenters. The molecule has 0 aliphatic heterocycles. The minimum atomic E-state index is 0.324. The van der Waals surface area contributed by atoms with Gasteiger partial charge in [-0.1, -0.05) is 26.0 Å². The van der Waals surface area contributed by atoms with E-state index < -0.39 is 0 Å². The highest BCUT2D eigenvalue weighted by molar-refractivity contribution is 5.46. The molecule has 0 spiro atoms. The average molecular weight is 232 g/mol. The van der Waals surface area contributed by atoms with Gasteiger partial charge in [-0.15, -0.1) is 0 Å². The predicted molar refractivity (Wildman–Crippen MR) is 74.2 cm³/mol. The van der Waals surface area contributed by atoms with Crippen LogP contribution in [0, 0.1) is 5.92 Å². The first kappa shape index (κ1) is 12.4. The van der Waals surface area contributed by atoms with Gasteiger partial charge in [0.15, 0.2) is 0 Å².